The van der Waals surface area contributed by atoms with Crippen molar-refractivity contribution in [3.63, 3.8) is 0 Å². The molecule has 1 unspecified atom stereocenters. The van der Waals surface area contributed by atoms with Gasteiger partial charge in [-0.25, -0.2) is 4.98 Å². The first-order chi connectivity index (χ1) is 9.56. The number of aryl methyl sites for hydroxylation is 2. The van der Waals surface area contributed by atoms with Crippen molar-refractivity contribution < 1.29 is 9.47 Å². The number of hydrogen-bond donors (Lipinski definition) is 1. The molecule has 2 aromatic heterocycles. The summed E-state index contributed by atoms with van der Waals surface area (Å²) in [6, 6.07) is 1.40. The molecule has 7 nitrogen and oxygen atoms in total. The topological polar surface area (TPSA) is 96.0 Å². The predicted molar refractivity (Wildman–Crippen MR) is 72.7 cm³/mol. The van der Waals surface area contributed by atoms with Gasteiger partial charge < -0.3 is 15.2 Å². The van der Waals surface area contributed by atoms with Gasteiger partial charge in [0.25, 0.3) is 0 Å². The van der Waals surface area contributed by atoms with Crippen molar-refractivity contribution in [1.29, 1.82) is 0 Å². The minimum Gasteiger partial charge on any atom is -0.480 e. The Kier molecular flexibility index (Phi) is 4.09. The molecule has 2 heterocycles. The Bertz CT molecular complexity index is 618. The number of aromatic nitrogens is 4. The van der Waals surface area contributed by atoms with Gasteiger partial charge in [-0.3, -0.25) is 0 Å². The predicted octanol–water partition coefficient (Wildman–Crippen LogP) is 0.949. The Morgan fingerprint density at radius 1 is 1.15 bits per heavy atom. The molecule has 1 atom stereocenters. The molecule has 2 rings (SSSR count). The fourth-order valence-corrected chi connectivity index (χ4v) is 1.86. The van der Waals surface area contributed by atoms with Crippen molar-refractivity contribution in [2.24, 2.45) is 5.73 Å². The lowest BCUT2D eigenvalue weighted by Gasteiger charge is -2.16. The summed E-state index contributed by atoms with van der Waals surface area (Å²) in [7, 11) is 3.03. The van der Waals surface area contributed by atoms with Crippen LogP contribution in [0.25, 0.3) is 0 Å². The quantitative estimate of drug-likeness (QED) is 0.887. The molecule has 2 N–H and O–H groups in total. The van der Waals surface area contributed by atoms with E-state index in [4.69, 9.17) is 15.2 Å². The smallest absolute Gasteiger partial charge is 0.240 e. The van der Waals surface area contributed by atoms with E-state index in [9.17, 15) is 0 Å². The van der Waals surface area contributed by atoms with Crippen molar-refractivity contribution in [3.05, 3.63) is 34.9 Å². The van der Waals surface area contributed by atoms with Gasteiger partial charge in [0.1, 0.15) is 5.69 Å². The van der Waals surface area contributed by atoms with Gasteiger partial charge in [-0.2, -0.15) is 15.2 Å². The van der Waals surface area contributed by atoms with Gasteiger partial charge in [-0.05, 0) is 19.9 Å². The van der Waals surface area contributed by atoms with Crippen molar-refractivity contribution in [2.45, 2.75) is 19.9 Å². The number of ether oxygens (including phenoxy) is 2. The second kappa shape index (κ2) is 5.79. The van der Waals surface area contributed by atoms with Crippen LogP contribution in [-0.4, -0.2) is 34.4 Å². The zero-order chi connectivity index (χ0) is 14.7. The summed E-state index contributed by atoms with van der Waals surface area (Å²) in [6.45, 7) is 3.71. The zero-order valence-corrected chi connectivity index (χ0v) is 11.9. The first-order valence-corrected chi connectivity index (χ1v) is 6.08. The van der Waals surface area contributed by atoms with Crippen LogP contribution < -0.4 is 15.2 Å². The molecule has 2 aromatic rings. The third-order valence-electron chi connectivity index (χ3n) is 2.92. The molecule has 106 valence electrons. The lowest BCUT2D eigenvalue weighted by atomic mass is 10.0. The largest absolute Gasteiger partial charge is 0.480 e. The molecule has 0 radical (unpaired) electrons. The molecule has 0 aliphatic heterocycles. The van der Waals surface area contributed by atoms with Gasteiger partial charge >= 0.3 is 0 Å². The monoisotopic (exact) mass is 275 g/mol. The van der Waals surface area contributed by atoms with E-state index in [0.717, 1.165) is 17.0 Å². The summed E-state index contributed by atoms with van der Waals surface area (Å²) in [6.07, 6.45) is 1.51. The van der Waals surface area contributed by atoms with E-state index in [1.54, 1.807) is 0 Å². The minimum absolute atomic E-state index is 0.339. The third kappa shape index (κ3) is 2.67. The van der Waals surface area contributed by atoms with E-state index in [1.165, 1.54) is 20.4 Å². The second-order valence-corrected chi connectivity index (χ2v) is 4.31. The summed E-state index contributed by atoms with van der Waals surface area (Å²) in [5.74, 6) is 0.712. The summed E-state index contributed by atoms with van der Waals surface area (Å²) < 4.78 is 10.3. The van der Waals surface area contributed by atoms with Gasteiger partial charge in [-0.1, -0.05) is 0 Å². The van der Waals surface area contributed by atoms with E-state index in [1.807, 2.05) is 19.9 Å². The Morgan fingerprint density at radius 2 is 1.90 bits per heavy atom. The number of methoxy groups -OCH3 is 2. The maximum absolute atomic E-state index is 6.26. The molecule has 0 aliphatic rings. The minimum atomic E-state index is -0.488. The van der Waals surface area contributed by atoms with Gasteiger partial charge in [0.15, 0.2) is 0 Å². The second-order valence-electron chi connectivity index (χ2n) is 4.31. The molecule has 20 heavy (non-hydrogen) atoms. The summed E-state index contributed by atoms with van der Waals surface area (Å²) in [5.41, 5.74) is 9.18. The van der Waals surface area contributed by atoms with Crippen LogP contribution in [0.4, 0.5) is 0 Å². The molecular formula is C13H17N5O2. The van der Waals surface area contributed by atoms with E-state index in [-0.39, 0.29) is 0 Å². The highest BCUT2D eigenvalue weighted by Crippen LogP contribution is 2.27. The molecule has 0 saturated heterocycles. The van der Waals surface area contributed by atoms with Crippen molar-refractivity contribution >= 4 is 0 Å². The molecule has 0 spiro atoms. The summed E-state index contributed by atoms with van der Waals surface area (Å²) in [4.78, 5) is 8.47. The van der Waals surface area contributed by atoms with Crippen LogP contribution in [-0.2, 0) is 0 Å². The average Bonchev–Trinajstić information content (AvgIpc) is 2.48. The standard InChI is InChI=1S/C13H17N5O2/c1-7-5-9(8(2)18-17-7)11(14)12-13(20-4)16-10(19-3)6-15-12/h5-6,11H,14H2,1-4H3. The molecule has 0 aliphatic carbocycles. The Hall–Kier alpha value is -2.28. The summed E-state index contributed by atoms with van der Waals surface area (Å²) >= 11 is 0. The van der Waals surface area contributed by atoms with Crippen LogP contribution in [0, 0.1) is 13.8 Å². The van der Waals surface area contributed by atoms with E-state index < -0.39 is 6.04 Å². The Balaban J connectivity index is 2.47. The van der Waals surface area contributed by atoms with E-state index in [2.05, 4.69) is 20.2 Å². The molecule has 7 heteroatoms. The Labute approximate surface area is 117 Å². The number of hydrogen-bond acceptors (Lipinski definition) is 7. The summed E-state index contributed by atoms with van der Waals surface area (Å²) in [5, 5.41) is 8.06. The van der Waals surface area contributed by atoms with Gasteiger partial charge in [0.2, 0.25) is 11.8 Å². The number of nitrogens with two attached hydrogens (primary N) is 1. The highest BCUT2D eigenvalue weighted by molar-refractivity contribution is 5.35. The van der Waals surface area contributed by atoms with E-state index >= 15 is 0 Å². The first kappa shape index (κ1) is 14.1. The van der Waals surface area contributed by atoms with Gasteiger partial charge in [0.05, 0.1) is 37.8 Å². The number of nitrogens with zero attached hydrogens (tertiary/aromatic N) is 4. The lowest BCUT2D eigenvalue weighted by molar-refractivity contribution is 0.355. The SMILES string of the molecule is COc1cnc(C(N)c2cc(C)nnc2C)c(OC)n1. The first-order valence-electron chi connectivity index (χ1n) is 6.08. The van der Waals surface area contributed by atoms with Crippen molar-refractivity contribution in [1.82, 2.24) is 20.2 Å². The lowest BCUT2D eigenvalue weighted by Crippen LogP contribution is -2.18. The van der Waals surface area contributed by atoms with Gasteiger partial charge in [-0.15, -0.1) is 0 Å². The van der Waals surface area contributed by atoms with Crippen LogP contribution in [0.15, 0.2) is 12.3 Å². The van der Waals surface area contributed by atoms with E-state index in [0.29, 0.717) is 17.5 Å². The van der Waals surface area contributed by atoms with Crippen molar-refractivity contribution in [2.75, 3.05) is 14.2 Å². The molecular weight excluding hydrogens is 258 g/mol. The number of rotatable bonds is 4. The molecule has 0 bridgehead atoms. The van der Waals surface area contributed by atoms with Crippen molar-refractivity contribution in [3.8, 4) is 11.8 Å². The van der Waals surface area contributed by atoms with Gasteiger partial charge in [0, 0.05) is 5.56 Å². The average molecular weight is 275 g/mol. The van der Waals surface area contributed by atoms with Crippen LogP contribution in [0.3, 0.4) is 0 Å². The van der Waals surface area contributed by atoms with Crippen LogP contribution in [0.5, 0.6) is 11.8 Å². The molecule has 0 fully saturated rings. The molecule has 0 amide bonds. The van der Waals surface area contributed by atoms with Crippen LogP contribution >= 0.6 is 0 Å². The molecule has 0 saturated carbocycles. The van der Waals surface area contributed by atoms with Crippen LogP contribution in [0.1, 0.15) is 28.7 Å². The fourth-order valence-electron chi connectivity index (χ4n) is 1.86. The zero-order valence-electron chi connectivity index (χ0n) is 11.9. The maximum Gasteiger partial charge on any atom is 0.240 e. The molecule has 0 aromatic carbocycles. The fraction of sp³-hybridized carbons (Fsp3) is 0.385. The maximum atomic E-state index is 6.26. The highest BCUT2D eigenvalue weighted by Gasteiger charge is 2.20. The van der Waals surface area contributed by atoms with Crippen LogP contribution in [0.2, 0.25) is 0 Å². The third-order valence-corrected chi connectivity index (χ3v) is 2.92. The normalized spacial score (nSPS) is 12.1. The highest BCUT2D eigenvalue weighted by atomic mass is 16.5. The Morgan fingerprint density at radius 3 is 2.55 bits per heavy atom.